The van der Waals surface area contributed by atoms with Crippen LogP contribution in [0.2, 0.25) is 0 Å². The Labute approximate surface area is 124 Å². The van der Waals surface area contributed by atoms with Crippen molar-refractivity contribution in [2.45, 2.75) is 59.3 Å². The van der Waals surface area contributed by atoms with Crippen LogP contribution in [0.1, 0.15) is 59.3 Å². The van der Waals surface area contributed by atoms with Crippen molar-refractivity contribution >= 4 is 7.82 Å². The van der Waals surface area contributed by atoms with Crippen LogP contribution in [0.15, 0.2) is 0 Å². The molecule has 0 aromatic heterocycles. The molecule has 0 amide bonds. The molecule has 6 heteroatoms. The largest absolute Gasteiger partial charge is 0.469 e. The van der Waals surface area contributed by atoms with Gasteiger partial charge >= 0.3 is 7.82 Å². The van der Waals surface area contributed by atoms with Crippen molar-refractivity contribution in [1.29, 1.82) is 0 Å². The number of phosphoric ester groups is 1. The molecule has 0 aromatic carbocycles. The van der Waals surface area contributed by atoms with Gasteiger partial charge in [-0.15, -0.1) is 0 Å². The van der Waals surface area contributed by atoms with E-state index in [1.165, 1.54) is 0 Å². The Balaban J connectivity index is 4.61. The molecular formula is C14H33NO4P+. The van der Waals surface area contributed by atoms with E-state index in [1.807, 2.05) is 0 Å². The van der Waals surface area contributed by atoms with Crippen molar-refractivity contribution in [2.75, 3.05) is 32.8 Å². The molecule has 0 unspecified atom stereocenters. The third-order valence-electron chi connectivity index (χ3n) is 3.78. The third kappa shape index (κ3) is 9.89. The maximum absolute atomic E-state index is 10.8. The van der Waals surface area contributed by atoms with Gasteiger partial charge in [-0.2, -0.15) is 0 Å². The highest BCUT2D eigenvalue weighted by molar-refractivity contribution is 7.46. The number of phosphoric acid groups is 1. The molecular weight excluding hydrogens is 277 g/mol. The number of unbranched alkanes of at least 4 members (excludes halogenated alkanes) is 3. The number of rotatable bonds is 13. The Bertz CT molecular complexity index is 259. The smallest absolute Gasteiger partial charge is 0.322 e. The monoisotopic (exact) mass is 310 g/mol. The van der Waals surface area contributed by atoms with E-state index in [9.17, 15) is 4.57 Å². The molecule has 0 saturated heterocycles. The molecule has 0 spiro atoms. The van der Waals surface area contributed by atoms with Gasteiger partial charge in [0.2, 0.25) is 0 Å². The lowest BCUT2D eigenvalue weighted by Gasteiger charge is -2.39. The lowest BCUT2D eigenvalue weighted by Crippen LogP contribution is -2.52. The van der Waals surface area contributed by atoms with Crippen LogP contribution in [0.3, 0.4) is 0 Å². The summed E-state index contributed by atoms with van der Waals surface area (Å²) in [4.78, 5) is 17.6. The van der Waals surface area contributed by atoms with Crippen LogP contribution in [-0.2, 0) is 9.09 Å². The standard InChI is InChI=1S/C14H32NO4P/c1-4-7-10-15(11-8-5-2,12-9-6-3)13-14-19-20(16,17)18/h4-14H2,1-3H3,(H-,16,17,18)/p+1. The fraction of sp³-hybridized carbons (Fsp3) is 1.00. The fourth-order valence-corrected chi connectivity index (χ4v) is 2.82. The van der Waals surface area contributed by atoms with E-state index in [1.54, 1.807) is 0 Å². The zero-order valence-electron chi connectivity index (χ0n) is 13.4. The highest BCUT2D eigenvalue weighted by Crippen LogP contribution is 2.35. The van der Waals surface area contributed by atoms with Crippen molar-refractivity contribution in [3.8, 4) is 0 Å². The van der Waals surface area contributed by atoms with Gasteiger partial charge in [-0.1, -0.05) is 40.0 Å². The van der Waals surface area contributed by atoms with Crippen molar-refractivity contribution in [1.82, 2.24) is 0 Å². The van der Waals surface area contributed by atoms with Gasteiger partial charge in [0.15, 0.2) is 0 Å². The van der Waals surface area contributed by atoms with Crippen molar-refractivity contribution in [3.05, 3.63) is 0 Å². The predicted octanol–water partition coefficient (Wildman–Crippen LogP) is 3.31. The van der Waals surface area contributed by atoms with Gasteiger partial charge in [-0.05, 0) is 19.3 Å². The molecule has 0 fully saturated rings. The highest BCUT2D eigenvalue weighted by atomic mass is 31.2. The Kier molecular flexibility index (Phi) is 10.8. The Morgan fingerprint density at radius 1 is 0.850 bits per heavy atom. The molecule has 122 valence electrons. The first-order chi connectivity index (χ1) is 9.39. The van der Waals surface area contributed by atoms with E-state index in [0.29, 0.717) is 6.54 Å². The van der Waals surface area contributed by atoms with Crippen LogP contribution in [0.25, 0.3) is 0 Å². The third-order valence-corrected chi connectivity index (χ3v) is 4.30. The van der Waals surface area contributed by atoms with E-state index in [4.69, 9.17) is 9.79 Å². The van der Waals surface area contributed by atoms with Gasteiger partial charge < -0.3 is 14.3 Å². The second-order valence-corrected chi connectivity index (χ2v) is 6.86. The minimum atomic E-state index is -4.34. The zero-order valence-corrected chi connectivity index (χ0v) is 14.3. The Morgan fingerprint density at radius 3 is 1.55 bits per heavy atom. The number of nitrogens with zero attached hydrogens (tertiary/aromatic N) is 1. The van der Waals surface area contributed by atoms with Crippen molar-refractivity contribution < 1.29 is 23.4 Å². The van der Waals surface area contributed by atoms with Gasteiger partial charge in [-0.25, -0.2) is 4.57 Å². The Hall–Kier alpha value is 0.0700. The topological polar surface area (TPSA) is 66.8 Å². The molecule has 0 heterocycles. The molecule has 20 heavy (non-hydrogen) atoms. The van der Waals surface area contributed by atoms with Crippen LogP contribution in [0, 0.1) is 0 Å². The maximum Gasteiger partial charge on any atom is 0.469 e. The first kappa shape index (κ1) is 20.1. The summed E-state index contributed by atoms with van der Waals surface area (Å²) >= 11 is 0. The molecule has 0 aliphatic heterocycles. The lowest BCUT2D eigenvalue weighted by molar-refractivity contribution is -0.928. The normalized spacial score (nSPS) is 12.8. The number of quaternary nitrogens is 1. The van der Waals surface area contributed by atoms with E-state index in [0.717, 1.165) is 62.6 Å². The minimum Gasteiger partial charge on any atom is -0.322 e. The maximum atomic E-state index is 10.8. The summed E-state index contributed by atoms with van der Waals surface area (Å²) in [7, 11) is -4.34. The zero-order chi connectivity index (χ0) is 15.5. The summed E-state index contributed by atoms with van der Waals surface area (Å²) in [5.74, 6) is 0. The van der Waals surface area contributed by atoms with E-state index in [-0.39, 0.29) is 6.61 Å². The molecule has 0 aliphatic rings. The van der Waals surface area contributed by atoms with Gasteiger partial charge in [0.05, 0.1) is 19.6 Å². The molecule has 0 aromatic rings. The fourth-order valence-electron chi connectivity index (χ4n) is 2.50. The first-order valence-electron chi connectivity index (χ1n) is 7.94. The summed E-state index contributed by atoms with van der Waals surface area (Å²) in [5.41, 5.74) is 0. The van der Waals surface area contributed by atoms with Crippen LogP contribution in [-0.4, -0.2) is 47.1 Å². The Morgan fingerprint density at radius 2 is 1.25 bits per heavy atom. The van der Waals surface area contributed by atoms with E-state index in [2.05, 4.69) is 25.3 Å². The first-order valence-corrected chi connectivity index (χ1v) is 9.47. The molecule has 0 aliphatic carbocycles. The van der Waals surface area contributed by atoms with Gasteiger partial charge in [0.1, 0.15) is 13.2 Å². The summed E-state index contributed by atoms with van der Waals surface area (Å²) in [6.07, 6.45) is 6.92. The molecule has 0 radical (unpaired) electrons. The average molecular weight is 310 g/mol. The summed E-state index contributed by atoms with van der Waals surface area (Å²) in [6.45, 7) is 10.6. The molecule has 5 nitrogen and oxygen atoms in total. The quantitative estimate of drug-likeness (QED) is 0.404. The minimum absolute atomic E-state index is 0.140. The average Bonchev–Trinajstić information content (AvgIpc) is 2.38. The second kappa shape index (κ2) is 10.7. The molecule has 0 atom stereocenters. The number of hydrogen-bond donors (Lipinski definition) is 2. The summed E-state index contributed by atoms with van der Waals surface area (Å²) in [5, 5.41) is 0. The lowest BCUT2D eigenvalue weighted by atomic mass is 10.1. The van der Waals surface area contributed by atoms with Crippen LogP contribution in [0.5, 0.6) is 0 Å². The highest BCUT2D eigenvalue weighted by Gasteiger charge is 2.27. The van der Waals surface area contributed by atoms with Crippen molar-refractivity contribution in [2.24, 2.45) is 0 Å². The molecule has 0 bridgehead atoms. The molecule has 0 saturated carbocycles. The van der Waals surface area contributed by atoms with Crippen LogP contribution < -0.4 is 0 Å². The van der Waals surface area contributed by atoms with E-state index >= 15 is 0 Å². The summed E-state index contributed by atoms with van der Waals surface area (Å²) in [6, 6.07) is 0. The molecule has 0 rings (SSSR count). The van der Waals surface area contributed by atoms with E-state index < -0.39 is 7.82 Å². The predicted molar refractivity (Wildman–Crippen MR) is 82.4 cm³/mol. The molecule has 2 N–H and O–H groups in total. The van der Waals surface area contributed by atoms with Gasteiger partial charge in [-0.3, -0.25) is 4.52 Å². The van der Waals surface area contributed by atoms with Gasteiger partial charge in [0, 0.05) is 0 Å². The SMILES string of the molecule is CCCC[N+](CCCC)(CCCC)CCOP(=O)(O)O. The number of hydrogen-bond acceptors (Lipinski definition) is 2. The summed E-state index contributed by atoms with van der Waals surface area (Å²) < 4.78 is 16.4. The van der Waals surface area contributed by atoms with Crippen molar-refractivity contribution in [3.63, 3.8) is 0 Å². The second-order valence-electron chi connectivity index (χ2n) is 5.62. The van der Waals surface area contributed by atoms with Crippen LogP contribution >= 0.6 is 7.82 Å². The van der Waals surface area contributed by atoms with Crippen LogP contribution in [0.4, 0.5) is 0 Å². The van der Waals surface area contributed by atoms with Gasteiger partial charge in [0.25, 0.3) is 0 Å².